The molecule has 2 N–H and O–H groups in total. The number of carbonyl (C=O) groups is 2. The molecule has 1 aliphatic rings. The second kappa shape index (κ2) is 7.68. The van der Waals surface area contributed by atoms with Crippen LogP contribution in [-0.4, -0.2) is 67.7 Å². The van der Waals surface area contributed by atoms with Gasteiger partial charge in [0.05, 0.1) is 38.6 Å². The van der Waals surface area contributed by atoms with Gasteiger partial charge in [-0.05, 0) is 6.92 Å². The van der Waals surface area contributed by atoms with Crippen molar-refractivity contribution in [2.24, 2.45) is 5.41 Å². The van der Waals surface area contributed by atoms with Gasteiger partial charge in [0, 0.05) is 20.0 Å². The van der Waals surface area contributed by atoms with E-state index < -0.39 is 23.3 Å². The van der Waals surface area contributed by atoms with E-state index in [0.717, 1.165) is 0 Å². The maximum absolute atomic E-state index is 11.9. The number of carboxylic acid groups (broad SMARTS) is 1. The smallest absolute Gasteiger partial charge is 0.319 e. The largest absolute Gasteiger partial charge is 0.480 e. The SMILES string of the molecule is COCC(C)OCC(O)CC1(C(=O)O)COCCC1=O. The Balaban J connectivity index is 2.57. The first-order chi connectivity index (χ1) is 9.42. The fourth-order valence-corrected chi connectivity index (χ4v) is 2.19. The van der Waals surface area contributed by atoms with Crippen LogP contribution in [0.4, 0.5) is 0 Å². The van der Waals surface area contributed by atoms with E-state index in [2.05, 4.69) is 0 Å². The van der Waals surface area contributed by atoms with Crippen LogP contribution >= 0.6 is 0 Å². The molecule has 7 heteroatoms. The van der Waals surface area contributed by atoms with Crippen molar-refractivity contribution in [3.05, 3.63) is 0 Å². The van der Waals surface area contributed by atoms with Gasteiger partial charge >= 0.3 is 5.97 Å². The summed E-state index contributed by atoms with van der Waals surface area (Å²) in [4.78, 5) is 23.3. The third-order valence-electron chi connectivity index (χ3n) is 3.32. The molecule has 0 spiro atoms. The molecule has 20 heavy (non-hydrogen) atoms. The van der Waals surface area contributed by atoms with Crippen molar-refractivity contribution < 1.29 is 34.0 Å². The van der Waals surface area contributed by atoms with E-state index in [-0.39, 0.29) is 38.8 Å². The van der Waals surface area contributed by atoms with Crippen LogP contribution in [0.5, 0.6) is 0 Å². The minimum Gasteiger partial charge on any atom is -0.480 e. The van der Waals surface area contributed by atoms with E-state index in [1.54, 1.807) is 6.92 Å². The fourth-order valence-electron chi connectivity index (χ4n) is 2.19. The van der Waals surface area contributed by atoms with Gasteiger partial charge in [0.15, 0.2) is 11.2 Å². The van der Waals surface area contributed by atoms with Crippen molar-refractivity contribution in [1.82, 2.24) is 0 Å². The normalized spacial score (nSPS) is 26.2. The summed E-state index contributed by atoms with van der Waals surface area (Å²) in [5.74, 6) is -1.66. The summed E-state index contributed by atoms with van der Waals surface area (Å²) in [6.07, 6.45) is -1.41. The monoisotopic (exact) mass is 290 g/mol. The molecule has 116 valence electrons. The quantitative estimate of drug-likeness (QED) is 0.599. The van der Waals surface area contributed by atoms with Gasteiger partial charge in [-0.25, -0.2) is 0 Å². The average molecular weight is 290 g/mol. The number of carbonyl (C=O) groups excluding carboxylic acids is 1. The lowest BCUT2D eigenvalue weighted by molar-refractivity contribution is -0.168. The van der Waals surface area contributed by atoms with Crippen LogP contribution in [0.1, 0.15) is 19.8 Å². The Hall–Kier alpha value is -1.02. The summed E-state index contributed by atoms with van der Waals surface area (Å²) < 4.78 is 15.3. The van der Waals surface area contributed by atoms with E-state index in [0.29, 0.717) is 6.61 Å². The van der Waals surface area contributed by atoms with Gasteiger partial charge in [-0.2, -0.15) is 0 Å². The molecule has 3 atom stereocenters. The molecule has 0 aromatic heterocycles. The van der Waals surface area contributed by atoms with Gasteiger partial charge in [-0.15, -0.1) is 0 Å². The van der Waals surface area contributed by atoms with Crippen LogP contribution < -0.4 is 0 Å². The molecule has 1 aliphatic heterocycles. The van der Waals surface area contributed by atoms with Gasteiger partial charge in [0.2, 0.25) is 0 Å². The molecule has 3 unspecified atom stereocenters. The number of ketones is 1. The first-order valence-electron chi connectivity index (χ1n) is 6.55. The third kappa shape index (κ3) is 4.24. The number of aliphatic hydroxyl groups is 1. The molecule has 1 heterocycles. The minimum atomic E-state index is -1.66. The fraction of sp³-hybridized carbons (Fsp3) is 0.846. The van der Waals surface area contributed by atoms with Crippen molar-refractivity contribution in [1.29, 1.82) is 0 Å². The van der Waals surface area contributed by atoms with Crippen molar-refractivity contribution in [3.63, 3.8) is 0 Å². The second-order valence-corrected chi connectivity index (χ2v) is 5.07. The molecular formula is C13H22O7. The highest BCUT2D eigenvalue weighted by Gasteiger charge is 2.49. The van der Waals surface area contributed by atoms with E-state index in [4.69, 9.17) is 14.2 Å². The molecular weight excluding hydrogens is 268 g/mol. The third-order valence-corrected chi connectivity index (χ3v) is 3.32. The van der Waals surface area contributed by atoms with Crippen LogP contribution in [0, 0.1) is 5.41 Å². The van der Waals surface area contributed by atoms with Gasteiger partial charge < -0.3 is 24.4 Å². The maximum atomic E-state index is 11.9. The van der Waals surface area contributed by atoms with E-state index in [1.807, 2.05) is 0 Å². The number of ether oxygens (including phenoxy) is 3. The molecule has 1 saturated heterocycles. The summed E-state index contributed by atoms with van der Waals surface area (Å²) in [6, 6.07) is 0. The Morgan fingerprint density at radius 2 is 2.20 bits per heavy atom. The Bertz CT molecular complexity index is 344. The van der Waals surface area contributed by atoms with E-state index in [9.17, 15) is 19.8 Å². The predicted molar refractivity (Wildman–Crippen MR) is 68.4 cm³/mol. The first kappa shape index (κ1) is 17.0. The van der Waals surface area contributed by atoms with Crippen molar-refractivity contribution in [2.75, 3.05) is 33.5 Å². The molecule has 0 aromatic carbocycles. The van der Waals surface area contributed by atoms with Crippen LogP contribution in [0.3, 0.4) is 0 Å². The number of carboxylic acids is 1. The highest BCUT2D eigenvalue weighted by atomic mass is 16.5. The Morgan fingerprint density at radius 3 is 2.75 bits per heavy atom. The zero-order valence-corrected chi connectivity index (χ0v) is 11.8. The van der Waals surface area contributed by atoms with Gasteiger partial charge in [-0.3, -0.25) is 9.59 Å². The predicted octanol–water partition coefficient (Wildman–Crippen LogP) is -0.151. The zero-order chi connectivity index (χ0) is 15.2. The summed E-state index contributed by atoms with van der Waals surface area (Å²) in [7, 11) is 1.54. The molecule has 1 fully saturated rings. The number of aliphatic carboxylic acids is 1. The minimum absolute atomic E-state index is 0.0488. The summed E-state index contributed by atoms with van der Waals surface area (Å²) in [5.41, 5.74) is -1.66. The molecule has 0 radical (unpaired) electrons. The van der Waals surface area contributed by atoms with Crippen molar-refractivity contribution in [3.8, 4) is 0 Å². The zero-order valence-electron chi connectivity index (χ0n) is 11.8. The molecule has 0 aromatic rings. The number of aliphatic hydroxyl groups excluding tert-OH is 1. The molecule has 0 bridgehead atoms. The van der Waals surface area contributed by atoms with Crippen molar-refractivity contribution >= 4 is 11.8 Å². The highest BCUT2D eigenvalue weighted by molar-refractivity contribution is 6.03. The average Bonchev–Trinajstić information content (AvgIpc) is 2.39. The maximum Gasteiger partial charge on any atom is 0.319 e. The standard InChI is InChI=1S/C13H22O7/c1-9(6-18-2)20-7-10(14)5-13(12(16)17)8-19-4-3-11(13)15/h9-10,14H,3-8H2,1-2H3,(H,16,17). The van der Waals surface area contributed by atoms with E-state index >= 15 is 0 Å². The number of methoxy groups -OCH3 is 1. The highest BCUT2D eigenvalue weighted by Crippen LogP contribution is 2.31. The van der Waals surface area contributed by atoms with Crippen LogP contribution in [-0.2, 0) is 23.8 Å². The van der Waals surface area contributed by atoms with Crippen LogP contribution in [0.15, 0.2) is 0 Å². The number of Topliss-reactive ketones (excluding diaryl/α,β-unsaturated/α-hetero) is 1. The van der Waals surface area contributed by atoms with Crippen LogP contribution in [0.25, 0.3) is 0 Å². The Labute approximate surface area is 117 Å². The molecule has 0 aliphatic carbocycles. The molecule has 0 amide bonds. The lowest BCUT2D eigenvalue weighted by atomic mass is 9.76. The molecule has 1 rings (SSSR count). The molecule has 7 nitrogen and oxygen atoms in total. The molecule has 0 saturated carbocycles. The number of hydrogen-bond acceptors (Lipinski definition) is 6. The second-order valence-electron chi connectivity index (χ2n) is 5.07. The summed E-state index contributed by atoms with van der Waals surface area (Å²) >= 11 is 0. The summed E-state index contributed by atoms with van der Waals surface area (Å²) in [5, 5.41) is 19.2. The summed E-state index contributed by atoms with van der Waals surface area (Å²) in [6.45, 7) is 2.13. The lowest BCUT2D eigenvalue weighted by Crippen LogP contribution is -2.49. The van der Waals surface area contributed by atoms with Gasteiger partial charge in [0.1, 0.15) is 0 Å². The Morgan fingerprint density at radius 1 is 1.50 bits per heavy atom. The van der Waals surface area contributed by atoms with Gasteiger partial charge in [0.25, 0.3) is 0 Å². The Kier molecular flexibility index (Phi) is 6.54. The van der Waals surface area contributed by atoms with Crippen LogP contribution in [0.2, 0.25) is 0 Å². The van der Waals surface area contributed by atoms with Gasteiger partial charge in [-0.1, -0.05) is 0 Å². The topological polar surface area (TPSA) is 102 Å². The van der Waals surface area contributed by atoms with Crippen molar-refractivity contribution in [2.45, 2.75) is 32.0 Å². The first-order valence-corrected chi connectivity index (χ1v) is 6.55. The number of rotatable bonds is 8. The number of hydrogen-bond donors (Lipinski definition) is 2. The lowest BCUT2D eigenvalue weighted by Gasteiger charge is -2.33. The van der Waals surface area contributed by atoms with E-state index in [1.165, 1.54) is 7.11 Å².